The Labute approximate surface area is 70.6 Å². The normalized spacial score (nSPS) is 21.1. The minimum atomic E-state index is -1.52. The van der Waals surface area contributed by atoms with E-state index in [-0.39, 0.29) is 6.29 Å². The molecule has 5 nitrogen and oxygen atoms in total. The van der Waals surface area contributed by atoms with Crippen molar-refractivity contribution in [2.24, 2.45) is 0 Å². The molecule has 72 valence electrons. The van der Waals surface area contributed by atoms with Crippen molar-refractivity contribution in [2.45, 2.75) is 31.3 Å². The van der Waals surface area contributed by atoms with E-state index in [0.29, 0.717) is 0 Å². The minimum absolute atomic E-state index is 0.194. The van der Waals surface area contributed by atoms with E-state index in [4.69, 9.17) is 10.2 Å². The van der Waals surface area contributed by atoms with Crippen LogP contribution in [0.5, 0.6) is 0 Å². The summed E-state index contributed by atoms with van der Waals surface area (Å²) < 4.78 is 4.68. The van der Waals surface area contributed by atoms with Gasteiger partial charge in [-0.1, -0.05) is 0 Å². The Morgan fingerprint density at radius 1 is 1.33 bits per heavy atom. The van der Waals surface area contributed by atoms with Gasteiger partial charge in [0.2, 0.25) is 0 Å². The molecule has 0 aromatic rings. The maximum atomic E-state index is 10.0. The molecule has 5 heteroatoms. The SMILES string of the molecule is CO[C@H]([C@@H](O)[C@@H](O)C=O)[C@H](C)O. The lowest BCUT2D eigenvalue weighted by Crippen LogP contribution is -2.45. The predicted octanol–water partition coefficient (Wildman–Crippen LogP) is -1.70. The zero-order valence-corrected chi connectivity index (χ0v) is 7.04. The minimum Gasteiger partial charge on any atom is -0.391 e. The predicted molar refractivity (Wildman–Crippen MR) is 40.6 cm³/mol. The smallest absolute Gasteiger partial charge is 0.151 e. The summed E-state index contributed by atoms with van der Waals surface area (Å²) in [7, 11) is 1.28. The van der Waals surface area contributed by atoms with Crippen molar-refractivity contribution in [3.05, 3.63) is 0 Å². The highest BCUT2D eigenvalue weighted by molar-refractivity contribution is 5.56. The fraction of sp³-hybridized carbons (Fsp3) is 0.857. The van der Waals surface area contributed by atoms with Crippen LogP contribution in [-0.4, -0.2) is 53.1 Å². The van der Waals surface area contributed by atoms with Gasteiger partial charge in [0.1, 0.15) is 18.3 Å². The summed E-state index contributed by atoms with van der Waals surface area (Å²) >= 11 is 0. The van der Waals surface area contributed by atoms with Crippen molar-refractivity contribution in [2.75, 3.05) is 7.11 Å². The van der Waals surface area contributed by atoms with E-state index in [1.165, 1.54) is 14.0 Å². The molecule has 0 aromatic carbocycles. The standard InChI is InChI=1S/C7H14O5/c1-4(9)7(12-2)6(11)5(10)3-8/h3-7,9-11H,1-2H3/t4-,5-,6-,7-/m0/s1. The number of carbonyl (C=O) groups is 1. The van der Waals surface area contributed by atoms with Gasteiger partial charge in [-0.2, -0.15) is 0 Å². The van der Waals surface area contributed by atoms with Crippen LogP contribution in [0.15, 0.2) is 0 Å². The van der Waals surface area contributed by atoms with Crippen LogP contribution in [0.1, 0.15) is 6.92 Å². The van der Waals surface area contributed by atoms with Gasteiger partial charge in [-0.3, -0.25) is 0 Å². The second-order valence-corrected chi connectivity index (χ2v) is 2.56. The van der Waals surface area contributed by atoms with Crippen molar-refractivity contribution in [1.29, 1.82) is 0 Å². The van der Waals surface area contributed by atoms with E-state index in [2.05, 4.69) is 4.74 Å². The molecule has 0 aliphatic heterocycles. The fourth-order valence-corrected chi connectivity index (χ4v) is 0.897. The van der Waals surface area contributed by atoms with Crippen molar-refractivity contribution >= 4 is 6.29 Å². The van der Waals surface area contributed by atoms with Crippen LogP contribution in [0, 0.1) is 0 Å². The number of rotatable bonds is 5. The number of methoxy groups -OCH3 is 1. The monoisotopic (exact) mass is 178 g/mol. The number of hydrogen-bond acceptors (Lipinski definition) is 5. The first-order valence-electron chi connectivity index (χ1n) is 3.56. The van der Waals surface area contributed by atoms with Crippen molar-refractivity contribution in [3.8, 4) is 0 Å². The van der Waals surface area contributed by atoms with Gasteiger partial charge in [-0.25, -0.2) is 0 Å². The molecule has 0 rings (SSSR count). The van der Waals surface area contributed by atoms with Gasteiger partial charge in [0.25, 0.3) is 0 Å². The number of carbonyl (C=O) groups excluding carboxylic acids is 1. The van der Waals surface area contributed by atoms with Crippen LogP contribution in [0.2, 0.25) is 0 Å². The zero-order valence-electron chi connectivity index (χ0n) is 7.04. The molecular weight excluding hydrogens is 164 g/mol. The number of aliphatic hydroxyl groups excluding tert-OH is 3. The molecule has 0 fully saturated rings. The Kier molecular flexibility index (Phi) is 5.00. The van der Waals surface area contributed by atoms with Gasteiger partial charge < -0.3 is 24.9 Å². The Morgan fingerprint density at radius 2 is 1.83 bits per heavy atom. The number of aliphatic hydroxyl groups is 3. The van der Waals surface area contributed by atoms with E-state index < -0.39 is 24.4 Å². The molecule has 0 aromatic heterocycles. The van der Waals surface area contributed by atoms with E-state index in [1.807, 2.05) is 0 Å². The van der Waals surface area contributed by atoms with Crippen LogP contribution in [0.25, 0.3) is 0 Å². The summed E-state index contributed by atoms with van der Waals surface area (Å²) in [4.78, 5) is 10.0. The second-order valence-electron chi connectivity index (χ2n) is 2.56. The maximum Gasteiger partial charge on any atom is 0.151 e. The third-order valence-electron chi connectivity index (χ3n) is 1.57. The summed E-state index contributed by atoms with van der Waals surface area (Å²) in [6.45, 7) is 1.40. The molecule has 0 aliphatic rings. The van der Waals surface area contributed by atoms with E-state index in [1.54, 1.807) is 0 Å². The van der Waals surface area contributed by atoms with E-state index in [0.717, 1.165) is 0 Å². The van der Waals surface area contributed by atoms with Crippen molar-refractivity contribution in [3.63, 3.8) is 0 Å². The molecule has 0 heterocycles. The Bertz CT molecular complexity index is 136. The first-order valence-corrected chi connectivity index (χ1v) is 3.56. The highest BCUT2D eigenvalue weighted by Crippen LogP contribution is 2.06. The van der Waals surface area contributed by atoms with Crippen molar-refractivity contribution in [1.82, 2.24) is 0 Å². The molecule has 4 atom stereocenters. The summed E-state index contributed by atoms with van der Waals surface area (Å²) in [6, 6.07) is 0. The van der Waals surface area contributed by atoms with Crippen molar-refractivity contribution < 1.29 is 24.9 Å². The molecular formula is C7H14O5. The fourth-order valence-electron chi connectivity index (χ4n) is 0.897. The van der Waals surface area contributed by atoms with Gasteiger partial charge in [0.15, 0.2) is 6.29 Å². The molecule has 0 bridgehead atoms. The first-order chi connectivity index (χ1) is 5.54. The largest absolute Gasteiger partial charge is 0.391 e. The Morgan fingerprint density at radius 3 is 2.08 bits per heavy atom. The van der Waals surface area contributed by atoms with Gasteiger partial charge in [-0.15, -0.1) is 0 Å². The molecule has 0 amide bonds. The molecule has 12 heavy (non-hydrogen) atoms. The molecule has 0 saturated heterocycles. The number of hydrogen-bond donors (Lipinski definition) is 3. The first kappa shape index (κ1) is 11.5. The molecule has 0 radical (unpaired) electrons. The van der Waals surface area contributed by atoms with Gasteiger partial charge >= 0.3 is 0 Å². The maximum absolute atomic E-state index is 10.0. The summed E-state index contributed by atoms with van der Waals surface area (Å²) in [5.74, 6) is 0. The van der Waals surface area contributed by atoms with Gasteiger partial charge in [-0.05, 0) is 6.92 Å². The average molecular weight is 178 g/mol. The van der Waals surface area contributed by atoms with Crippen LogP contribution in [0.4, 0.5) is 0 Å². The number of ether oxygens (including phenoxy) is 1. The van der Waals surface area contributed by atoms with E-state index in [9.17, 15) is 9.90 Å². The lowest BCUT2D eigenvalue weighted by atomic mass is 10.1. The average Bonchev–Trinajstić information content (AvgIpc) is 2.03. The Hall–Kier alpha value is -0.490. The molecule has 0 aliphatic carbocycles. The molecule has 0 saturated carbocycles. The molecule has 0 spiro atoms. The quantitative estimate of drug-likeness (QED) is 0.437. The van der Waals surface area contributed by atoms with Crippen LogP contribution in [-0.2, 0) is 9.53 Å². The van der Waals surface area contributed by atoms with Crippen LogP contribution < -0.4 is 0 Å². The lowest BCUT2D eigenvalue weighted by Gasteiger charge is -2.24. The number of aldehydes is 1. The third kappa shape index (κ3) is 2.86. The van der Waals surface area contributed by atoms with Crippen LogP contribution >= 0.6 is 0 Å². The topological polar surface area (TPSA) is 87.0 Å². The third-order valence-corrected chi connectivity index (χ3v) is 1.57. The van der Waals surface area contributed by atoms with Crippen LogP contribution in [0.3, 0.4) is 0 Å². The summed E-state index contributed by atoms with van der Waals surface area (Å²) in [6.07, 6.45) is -4.62. The molecule has 0 unspecified atom stereocenters. The second kappa shape index (κ2) is 5.21. The Balaban J connectivity index is 4.19. The lowest BCUT2D eigenvalue weighted by molar-refractivity contribution is -0.137. The van der Waals surface area contributed by atoms with E-state index >= 15 is 0 Å². The molecule has 3 N–H and O–H groups in total. The highest BCUT2D eigenvalue weighted by Gasteiger charge is 2.29. The van der Waals surface area contributed by atoms with Gasteiger partial charge in [0, 0.05) is 7.11 Å². The highest BCUT2D eigenvalue weighted by atomic mass is 16.5. The van der Waals surface area contributed by atoms with Gasteiger partial charge in [0.05, 0.1) is 6.10 Å². The zero-order chi connectivity index (χ0) is 9.72. The summed E-state index contributed by atoms with van der Waals surface area (Å²) in [5.41, 5.74) is 0. The summed E-state index contributed by atoms with van der Waals surface area (Å²) in [5, 5.41) is 27.1.